The molecule has 0 spiro atoms. The molecule has 28 heavy (non-hydrogen) atoms. The number of rotatable bonds is 5. The minimum Gasteiger partial charge on any atom is -0.467 e. The molecule has 0 bridgehead atoms. The average molecular weight is 386 g/mol. The summed E-state index contributed by atoms with van der Waals surface area (Å²) in [6, 6.07) is 3.03. The molecule has 2 amide bonds. The fourth-order valence-electron chi connectivity index (χ4n) is 3.52. The number of hydrogen-bond acceptors (Lipinski definition) is 5. The van der Waals surface area contributed by atoms with Crippen LogP contribution < -0.4 is 10.6 Å². The van der Waals surface area contributed by atoms with Crippen LogP contribution in [0.1, 0.15) is 37.9 Å². The molecular formula is C19H26N6O3. The number of guanidine groups is 1. The van der Waals surface area contributed by atoms with Crippen LogP contribution in [0.25, 0.3) is 0 Å². The van der Waals surface area contributed by atoms with Gasteiger partial charge in [0.1, 0.15) is 18.3 Å². The lowest BCUT2D eigenvalue weighted by molar-refractivity contribution is -0.140. The van der Waals surface area contributed by atoms with E-state index in [9.17, 15) is 9.59 Å². The van der Waals surface area contributed by atoms with E-state index in [1.807, 2.05) is 11.1 Å². The number of nitrogens with one attached hydrogen (secondary N) is 2. The lowest BCUT2D eigenvalue weighted by Crippen LogP contribution is -2.52. The van der Waals surface area contributed by atoms with E-state index in [1.54, 1.807) is 23.3 Å². The van der Waals surface area contributed by atoms with E-state index >= 15 is 0 Å². The van der Waals surface area contributed by atoms with Crippen LogP contribution in [-0.2, 0) is 16.1 Å². The maximum atomic E-state index is 13.0. The molecule has 2 aliphatic rings. The van der Waals surface area contributed by atoms with Crippen LogP contribution in [0.2, 0.25) is 0 Å². The fraction of sp³-hybridized carbons (Fsp3) is 0.579. The molecule has 2 saturated heterocycles. The summed E-state index contributed by atoms with van der Waals surface area (Å²) in [6.45, 7) is 2.49. The monoisotopic (exact) mass is 386 g/mol. The van der Waals surface area contributed by atoms with Gasteiger partial charge in [0.15, 0.2) is 6.19 Å². The summed E-state index contributed by atoms with van der Waals surface area (Å²) in [5, 5.41) is 14.5. The zero-order valence-electron chi connectivity index (χ0n) is 15.9. The Morgan fingerprint density at radius 2 is 2.07 bits per heavy atom. The lowest BCUT2D eigenvalue weighted by Gasteiger charge is -2.27. The summed E-state index contributed by atoms with van der Waals surface area (Å²) in [5.74, 6) is 0.762. The first-order chi connectivity index (χ1) is 13.7. The normalized spacial score (nSPS) is 20.6. The molecule has 3 rings (SSSR count). The molecule has 0 saturated carbocycles. The van der Waals surface area contributed by atoms with Crippen molar-refractivity contribution in [3.05, 3.63) is 24.2 Å². The van der Waals surface area contributed by atoms with Gasteiger partial charge in [-0.25, -0.2) is 4.99 Å². The predicted molar refractivity (Wildman–Crippen MR) is 102 cm³/mol. The lowest BCUT2D eigenvalue weighted by atomic mass is 10.1. The Morgan fingerprint density at radius 3 is 2.79 bits per heavy atom. The van der Waals surface area contributed by atoms with Crippen molar-refractivity contribution in [3.63, 3.8) is 0 Å². The van der Waals surface area contributed by atoms with Crippen molar-refractivity contribution in [1.82, 2.24) is 20.4 Å². The third-order valence-corrected chi connectivity index (χ3v) is 5.02. The van der Waals surface area contributed by atoms with Gasteiger partial charge in [0.2, 0.25) is 17.8 Å². The Morgan fingerprint density at radius 1 is 1.29 bits per heavy atom. The summed E-state index contributed by atoms with van der Waals surface area (Å²) >= 11 is 0. The number of hydrogen-bond donors (Lipinski definition) is 2. The predicted octanol–water partition coefficient (Wildman–Crippen LogP) is 0.799. The van der Waals surface area contributed by atoms with Crippen LogP contribution in [0.5, 0.6) is 0 Å². The molecule has 3 heterocycles. The molecule has 0 radical (unpaired) electrons. The summed E-state index contributed by atoms with van der Waals surface area (Å²) in [5.41, 5.74) is 0. The van der Waals surface area contributed by atoms with Crippen molar-refractivity contribution in [1.29, 1.82) is 5.26 Å². The maximum absolute atomic E-state index is 13.0. The second-order valence-corrected chi connectivity index (χ2v) is 7.02. The molecule has 2 fully saturated rings. The summed E-state index contributed by atoms with van der Waals surface area (Å²) in [4.78, 5) is 33.2. The van der Waals surface area contributed by atoms with E-state index < -0.39 is 6.04 Å². The third kappa shape index (κ3) is 5.25. The smallest absolute Gasteiger partial charge is 0.245 e. The molecular weight excluding hydrogens is 360 g/mol. The first-order valence-electron chi connectivity index (χ1n) is 9.72. The number of nitriles is 1. The van der Waals surface area contributed by atoms with Crippen LogP contribution >= 0.6 is 0 Å². The van der Waals surface area contributed by atoms with E-state index in [4.69, 9.17) is 9.68 Å². The number of likely N-dealkylation sites (tertiary alicyclic amines) is 2. The second-order valence-electron chi connectivity index (χ2n) is 7.02. The number of nitrogens with zero attached hydrogens (tertiary/aromatic N) is 4. The minimum absolute atomic E-state index is 0.00774. The van der Waals surface area contributed by atoms with Gasteiger partial charge >= 0.3 is 0 Å². The van der Waals surface area contributed by atoms with E-state index in [0.29, 0.717) is 18.7 Å². The molecule has 150 valence electrons. The SMILES string of the molecule is N#CNC(=NCc1ccco1)NC1CCCCN(CC(=O)N2CCCC2)C1=O. The van der Waals surface area contributed by atoms with Crippen LogP contribution in [0, 0.1) is 11.5 Å². The Balaban J connectivity index is 1.63. The van der Waals surface area contributed by atoms with Crippen LogP contribution in [0.15, 0.2) is 27.8 Å². The van der Waals surface area contributed by atoms with Gasteiger partial charge in [-0.05, 0) is 44.2 Å². The summed E-state index contributed by atoms with van der Waals surface area (Å²) < 4.78 is 5.24. The Labute approximate surface area is 164 Å². The summed E-state index contributed by atoms with van der Waals surface area (Å²) in [6.07, 6.45) is 7.78. The van der Waals surface area contributed by atoms with Gasteiger partial charge in [0.25, 0.3) is 0 Å². The summed E-state index contributed by atoms with van der Waals surface area (Å²) in [7, 11) is 0. The van der Waals surface area contributed by atoms with Gasteiger partial charge in [-0.3, -0.25) is 14.9 Å². The highest BCUT2D eigenvalue weighted by Gasteiger charge is 2.30. The first kappa shape index (κ1) is 19.7. The molecule has 1 unspecified atom stereocenters. The number of amides is 2. The molecule has 1 aromatic heterocycles. The molecule has 0 aliphatic carbocycles. The highest BCUT2D eigenvalue weighted by molar-refractivity contribution is 5.92. The number of aliphatic imine (C=N–C) groups is 1. The van der Waals surface area contributed by atoms with Crippen LogP contribution in [0.3, 0.4) is 0 Å². The van der Waals surface area contributed by atoms with Crippen LogP contribution in [-0.4, -0.2) is 59.8 Å². The largest absolute Gasteiger partial charge is 0.467 e. The van der Waals surface area contributed by atoms with E-state index in [0.717, 1.165) is 38.8 Å². The number of carbonyl (C=O) groups excluding carboxylic acids is 2. The van der Waals surface area contributed by atoms with Crippen molar-refractivity contribution in [2.75, 3.05) is 26.2 Å². The van der Waals surface area contributed by atoms with Crippen molar-refractivity contribution in [3.8, 4) is 6.19 Å². The van der Waals surface area contributed by atoms with Crippen molar-refractivity contribution < 1.29 is 14.0 Å². The fourth-order valence-corrected chi connectivity index (χ4v) is 3.52. The maximum Gasteiger partial charge on any atom is 0.245 e. The molecule has 9 heteroatoms. The first-order valence-corrected chi connectivity index (χ1v) is 9.72. The van der Waals surface area contributed by atoms with Crippen molar-refractivity contribution in [2.45, 2.75) is 44.7 Å². The zero-order valence-corrected chi connectivity index (χ0v) is 15.9. The molecule has 1 atom stereocenters. The molecule has 0 aromatic carbocycles. The highest BCUT2D eigenvalue weighted by atomic mass is 16.3. The van der Waals surface area contributed by atoms with Gasteiger partial charge in [0, 0.05) is 19.6 Å². The van der Waals surface area contributed by atoms with Gasteiger partial charge in [-0.2, -0.15) is 5.26 Å². The standard InChI is InChI=1S/C19H26N6O3/c20-14-22-19(21-12-15-6-5-11-28-15)23-16-7-1-2-10-25(18(16)27)13-17(26)24-8-3-4-9-24/h5-6,11,16H,1-4,7-10,12-13H2,(H2,21,22,23). The number of carbonyl (C=O) groups is 2. The number of furan rings is 1. The third-order valence-electron chi connectivity index (χ3n) is 5.02. The average Bonchev–Trinajstić information content (AvgIpc) is 3.38. The molecule has 9 nitrogen and oxygen atoms in total. The zero-order chi connectivity index (χ0) is 19.8. The van der Waals surface area contributed by atoms with E-state index in [-0.39, 0.29) is 30.9 Å². The quantitative estimate of drug-likeness (QED) is 0.335. The second kappa shape index (κ2) is 9.78. The molecule has 2 aliphatic heterocycles. The van der Waals surface area contributed by atoms with Crippen molar-refractivity contribution in [2.24, 2.45) is 4.99 Å². The van der Waals surface area contributed by atoms with Gasteiger partial charge in [-0.15, -0.1) is 0 Å². The molecule has 2 N–H and O–H groups in total. The van der Waals surface area contributed by atoms with Crippen LogP contribution in [0.4, 0.5) is 0 Å². The van der Waals surface area contributed by atoms with Crippen molar-refractivity contribution >= 4 is 17.8 Å². The van der Waals surface area contributed by atoms with E-state index in [2.05, 4.69) is 15.6 Å². The van der Waals surface area contributed by atoms with E-state index in [1.165, 1.54) is 0 Å². The topological polar surface area (TPSA) is 114 Å². The highest BCUT2D eigenvalue weighted by Crippen LogP contribution is 2.14. The Kier molecular flexibility index (Phi) is 6.89. The Bertz CT molecular complexity index is 733. The van der Waals surface area contributed by atoms with Gasteiger partial charge in [0.05, 0.1) is 12.8 Å². The molecule has 1 aromatic rings. The van der Waals surface area contributed by atoms with Gasteiger partial charge < -0.3 is 19.5 Å². The Hall–Kier alpha value is -3.02. The minimum atomic E-state index is -0.523. The van der Waals surface area contributed by atoms with Gasteiger partial charge in [-0.1, -0.05) is 0 Å².